The zero-order valence-corrected chi connectivity index (χ0v) is 40.4. The lowest BCUT2D eigenvalue weighted by molar-refractivity contribution is -0.317. The number of hydrogen-bond acceptors (Lipinski definition) is 16. The van der Waals surface area contributed by atoms with E-state index in [4.69, 9.17) is 45.5 Å². The van der Waals surface area contributed by atoms with Crippen LogP contribution < -0.4 is 0 Å². The van der Waals surface area contributed by atoms with Gasteiger partial charge in [0.1, 0.15) is 13.2 Å². The van der Waals surface area contributed by atoms with Gasteiger partial charge in [-0.25, -0.2) is 0 Å². The number of carbonyl (C=O) groups is 3. The summed E-state index contributed by atoms with van der Waals surface area (Å²) in [7, 11) is -1.25. The van der Waals surface area contributed by atoms with Crippen molar-refractivity contribution < 1.29 is 59.9 Å². The van der Waals surface area contributed by atoms with Crippen molar-refractivity contribution in [3.8, 4) is 0 Å². The topological polar surface area (TPSA) is 144 Å². The molecule has 0 aliphatic heterocycles. The molecular formula is C36H68O13S3Si3. The predicted molar refractivity (Wildman–Crippen MR) is 224 cm³/mol. The second kappa shape index (κ2) is 30.1. The number of rotatable bonds is 36. The molecule has 0 N–H and O–H groups in total. The van der Waals surface area contributed by atoms with Crippen LogP contribution in [-0.4, -0.2) is 128 Å². The van der Waals surface area contributed by atoms with Crippen LogP contribution in [0.4, 0.5) is 0 Å². The molecule has 0 aromatic carbocycles. The molecule has 55 heavy (non-hydrogen) atoms. The third kappa shape index (κ3) is 17.2. The van der Waals surface area contributed by atoms with Gasteiger partial charge in [0, 0.05) is 65.8 Å². The fraction of sp³-hybridized carbons (Fsp3) is 0.917. The summed E-state index contributed by atoms with van der Waals surface area (Å²) in [6, 6.07) is 0. The first-order chi connectivity index (χ1) is 26.2. The zero-order valence-electron chi connectivity index (χ0n) is 34.8. The van der Waals surface area contributed by atoms with Gasteiger partial charge in [-0.1, -0.05) is 25.6 Å². The van der Waals surface area contributed by atoms with Gasteiger partial charge < -0.3 is 45.5 Å². The summed E-state index contributed by atoms with van der Waals surface area (Å²) in [6.07, 6.45) is 4.01. The summed E-state index contributed by atoms with van der Waals surface area (Å²) in [5.74, 6) is -1.92. The van der Waals surface area contributed by atoms with Crippen LogP contribution in [-0.2, 0) is 59.9 Å². The maximum absolute atomic E-state index is 12.5. The van der Waals surface area contributed by atoms with Crippen molar-refractivity contribution in [1.82, 2.24) is 0 Å². The molecular weight excluding hydrogens is 821 g/mol. The van der Waals surface area contributed by atoms with Crippen molar-refractivity contribution >= 4 is 84.1 Å². The number of hydrogen-bond donors (Lipinski definition) is 2. The Morgan fingerprint density at radius 3 is 1.62 bits per heavy atom. The standard InChI is InChI=1S/C36H68O13S3Si3/c1-11-33(26-40-29(7)37,35(42-13-3,21-18-24-51)48-54-45-16-6)27-46-55-49-36(43-14-4,22-19-25-52-31(9)39)34(12-2,28-41-30(8)38)32(10,20-17-23-50)47-53-44-15-5/h50-51H,11-28H2,1-10H3. The van der Waals surface area contributed by atoms with Gasteiger partial charge in [0.15, 0.2) is 16.7 Å². The molecule has 0 aromatic heterocycles. The Kier molecular flexibility index (Phi) is 30.1. The van der Waals surface area contributed by atoms with Crippen molar-refractivity contribution in [3.63, 3.8) is 0 Å². The van der Waals surface area contributed by atoms with Gasteiger partial charge in [-0.2, -0.15) is 25.3 Å². The minimum Gasteiger partial charge on any atom is -0.465 e. The van der Waals surface area contributed by atoms with Gasteiger partial charge in [-0.15, -0.1) is 0 Å². The maximum Gasteiger partial charge on any atom is 0.435 e. The molecule has 0 saturated carbocycles. The highest BCUT2D eigenvalue weighted by molar-refractivity contribution is 8.13. The average Bonchev–Trinajstić information content (AvgIpc) is 3.15. The van der Waals surface area contributed by atoms with Crippen LogP contribution in [0.1, 0.15) is 121 Å². The van der Waals surface area contributed by atoms with E-state index in [0.717, 1.165) is 0 Å². The summed E-state index contributed by atoms with van der Waals surface area (Å²) >= 11 is 10.2. The number of carbonyl (C=O) groups excluding carboxylic acids is 3. The van der Waals surface area contributed by atoms with E-state index in [1.807, 2.05) is 48.5 Å². The van der Waals surface area contributed by atoms with Crippen LogP contribution in [0.5, 0.6) is 0 Å². The Morgan fingerprint density at radius 1 is 0.600 bits per heavy atom. The van der Waals surface area contributed by atoms with E-state index in [9.17, 15) is 14.4 Å². The third-order valence-corrected chi connectivity index (χ3v) is 13.6. The van der Waals surface area contributed by atoms with Gasteiger partial charge in [0.2, 0.25) is 0 Å². The Labute approximate surface area is 354 Å². The van der Waals surface area contributed by atoms with E-state index < -0.39 is 50.0 Å². The first-order valence-corrected chi connectivity index (χ1v) is 23.9. The van der Waals surface area contributed by atoms with Gasteiger partial charge in [-0.05, 0) is 84.6 Å². The monoisotopic (exact) mass is 888 g/mol. The van der Waals surface area contributed by atoms with Gasteiger partial charge >= 0.3 is 42.0 Å². The van der Waals surface area contributed by atoms with Crippen LogP contribution in [0.2, 0.25) is 0 Å². The van der Waals surface area contributed by atoms with Gasteiger partial charge in [0.05, 0.1) is 23.0 Å². The first kappa shape index (κ1) is 55.0. The summed E-state index contributed by atoms with van der Waals surface area (Å²) in [5.41, 5.74) is -3.10. The Morgan fingerprint density at radius 2 is 1.11 bits per heavy atom. The van der Waals surface area contributed by atoms with E-state index in [1.165, 1.54) is 32.5 Å². The predicted octanol–water partition coefficient (Wildman–Crippen LogP) is 6.35. The van der Waals surface area contributed by atoms with E-state index in [2.05, 4.69) is 25.3 Å². The third-order valence-electron chi connectivity index (χ3n) is 9.58. The minimum absolute atomic E-state index is 0.00113. The summed E-state index contributed by atoms with van der Waals surface area (Å²) in [6.45, 7) is 19.1. The molecule has 0 rings (SSSR count). The summed E-state index contributed by atoms with van der Waals surface area (Å²) < 4.78 is 62.9. The van der Waals surface area contributed by atoms with Crippen LogP contribution in [0.15, 0.2) is 0 Å². The quantitative estimate of drug-likeness (QED) is 0.0237. The lowest BCUT2D eigenvalue weighted by atomic mass is 9.62. The molecule has 0 spiro atoms. The summed E-state index contributed by atoms with van der Waals surface area (Å²) in [4.78, 5) is 36.8. The second-order valence-corrected chi connectivity index (χ2v) is 17.2. The lowest BCUT2D eigenvalue weighted by Crippen LogP contribution is -2.67. The van der Waals surface area contributed by atoms with Crippen LogP contribution in [0.25, 0.3) is 0 Å². The number of thiol groups is 2. The van der Waals surface area contributed by atoms with Crippen LogP contribution in [0, 0.1) is 10.8 Å². The van der Waals surface area contributed by atoms with Crippen molar-refractivity contribution in [3.05, 3.63) is 0 Å². The highest BCUT2D eigenvalue weighted by atomic mass is 32.2. The Balaban J connectivity index is 7.46. The average molecular weight is 889 g/mol. The number of thioether (sulfide) groups is 1. The van der Waals surface area contributed by atoms with E-state index in [-0.39, 0.29) is 51.6 Å². The molecule has 13 nitrogen and oxygen atoms in total. The highest BCUT2D eigenvalue weighted by Crippen LogP contribution is 2.54. The molecule has 0 aliphatic rings. The SMILES string of the molecule is CCO[Si]OC(C)(CCCS)C(CC)(COC(C)=O)C(CCCSC(C)=O)(OCC)O[Si]OCC(CC)(COC(C)=O)C(CCCS)(OCC)O[Si]OCC. The smallest absolute Gasteiger partial charge is 0.435 e. The van der Waals surface area contributed by atoms with Crippen LogP contribution in [0.3, 0.4) is 0 Å². The molecule has 0 heterocycles. The molecule has 0 amide bonds. The molecule has 0 saturated heterocycles. The van der Waals surface area contributed by atoms with Crippen LogP contribution >= 0.6 is 37.0 Å². The van der Waals surface area contributed by atoms with Crippen molar-refractivity contribution in [2.75, 3.05) is 63.5 Å². The first-order valence-electron chi connectivity index (χ1n) is 19.2. The molecule has 0 aromatic rings. The molecule has 0 aliphatic carbocycles. The molecule has 19 heteroatoms. The number of ether oxygens (including phenoxy) is 4. The molecule has 5 unspecified atom stereocenters. The largest absolute Gasteiger partial charge is 0.465 e. The fourth-order valence-corrected chi connectivity index (χ4v) is 9.75. The Hall–Kier alpha value is -0.00935. The normalized spacial score (nSPS) is 17.3. The van der Waals surface area contributed by atoms with Gasteiger partial charge in [-0.3, -0.25) is 14.4 Å². The van der Waals surface area contributed by atoms with Crippen molar-refractivity contribution in [2.45, 2.75) is 138 Å². The summed E-state index contributed by atoms with van der Waals surface area (Å²) in [5, 5.41) is 0.00113. The van der Waals surface area contributed by atoms with E-state index in [1.54, 1.807) is 0 Å². The molecule has 0 fully saturated rings. The zero-order chi connectivity index (χ0) is 41.9. The fourth-order valence-electron chi connectivity index (χ4n) is 6.62. The van der Waals surface area contributed by atoms with Gasteiger partial charge in [0.25, 0.3) is 0 Å². The molecule has 0 bridgehead atoms. The molecule has 6 radical (unpaired) electrons. The lowest BCUT2D eigenvalue weighted by Gasteiger charge is -2.57. The van der Waals surface area contributed by atoms with E-state index in [0.29, 0.717) is 88.4 Å². The Bertz CT molecular complexity index is 1070. The minimum atomic E-state index is -1.44. The number of esters is 2. The second-order valence-electron chi connectivity index (χ2n) is 13.0. The highest BCUT2D eigenvalue weighted by Gasteiger charge is 2.63. The van der Waals surface area contributed by atoms with Crippen molar-refractivity contribution in [1.29, 1.82) is 0 Å². The molecule has 5 atom stereocenters. The van der Waals surface area contributed by atoms with E-state index >= 15 is 0 Å². The van der Waals surface area contributed by atoms with Crippen molar-refractivity contribution in [2.24, 2.45) is 10.8 Å². The molecule has 320 valence electrons. The maximum atomic E-state index is 12.5.